The maximum atomic E-state index is 15.7. The molecule has 0 bridgehead atoms. The molecule has 1 aliphatic heterocycles. The number of furan rings is 1. The number of fused-ring (bicyclic) bond motifs is 6. The Labute approximate surface area is 225 Å². The molecule has 3 heterocycles. The predicted octanol–water partition coefficient (Wildman–Crippen LogP) is 7.13. The molecule has 0 N–H and O–H groups in total. The van der Waals surface area contributed by atoms with Gasteiger partial charge in [-0.3, -0.25) is 0 Å². The Hall–Kier alpha value is -4.09. The van der Waals surface area contributed by atoms with Gasteiger partial charge in [0.1, 0.15) is 39.3 Å². The molecule has 0 saturated carbocycles. The lowest BCUT2D eigenvalue weighted by Gasteiger charge is -2.19. The third-order valence-corrected chi connectivity index (χ3v) is 11.5. The average Bonchev–Trinajstić information content (AvgIpc) is 3.44. The number of aryl methyl sites for hydroxylation is 1. The van der Waals surface area contributed by atoms with Gasteiger partial charge in [0, 0.05) is 22.9 Å². The highest BCUT2D eigenvalue weighted by Crippen LogP contribution is 2.42. The third-order valence-electron chi connectivity index (χ3n) is 7.97. The van der Waals surface area contributed by atoms with E-state index in [1.165, 1.54) is 39.2 Å². The van der Waals surface area contributed by atoms with E-state index in [0.717, 1.165) is 5.56 Å². The molecule has 2 aromatic heterocycles. The zero-order chi connectivity index (χ0) is 29.0. The van der Waals surface area contributed by atoms with E-state index in [1.807, 2.05) is 25.1 Å². The maximum Gasteiger partial charge on any atom is 0.219 e. The van der Waals surface area contributed by atoms with Crippen molar-refractivity contribution in [3.05, 3.63) is 102 Å². The largest absolute Gasteiger partial charge is 0.454 e. The Morgan fingerprint density at radius 1 is 0.842 bits per heavy atom. The Morgan fingerprint density at radius 3 is 2.37 bits per heavy atom. The summed E-state index contributed by atoms with van der Waals surface area (Å²) < 4.78 is 63.1. The molecule has 0 saturated heterocycles. The minimum Gasteiger partial charge on any atom is -0.454 e. The van der Waals surface area contributed by atoms with E-state index in [-0.39, 0.29) is 11.9 Å². The van der Waals surface area contributed by atoms with Crippen LogP contribution in [0.5, 0.6) is 0 Å². The molecule has 38 heavy (non-hydrogen) atoms. The molecule has 0 aliphatic carbocycles. The van der Waals surface area contributed by atoms with Crippen molar-refractivity contribution in [2.75, 3.05) is 0 Å². The van der Waals surface area contributed by atoms with Crippen LogP contribution in [0.4, 0.5) is 8.78 Å². The molecular formula is C33H26F2NOSi+. The van der Waals surface area contributed by atoms with Crippen LogP contribution >= 0.6 is 0 Å². The molecule has 1 aliphatic rings. The average molecular weight is 522 g/mol. The summed E-state index contributed by atoms with van der Waals surface area (Å²) in [7, 11) is -0.461. The lowest BCUT2D eigenvalue weighted by atomic mass is 9.97. The molecule has 0 spiro atoms. The quantitative estimate of drug-likeness (QED) is 0.175. The third kappa shape index (κ3) is 3.12. The highest BCUT2D eigenvalue weighted by atomic mass is 28.3. The maximum absolute atomic E-state index is 15.7. The van der Waals surface area contributed by atoms with Crippen LogP contribution in [0.15, 0.2) is 89.4 Å². The number of nitrogens with zero attached hydrogens (tertiary/aromatic N) is 1. The fourth-order valence-electron chi connectivity index (χ4n) is 6.04. The lowest BCUT2D eigenvalue weighted by molar-refractivity contribution is -0.660. The molecule has 2 nitrogen and oxygen atoms in total. The molecule has 4 aromatic carbocycles. The molecule has 0 atom stereocenters. The molecule has 0 unspecified atom stereocenters. The molecule has 7 rings (SSSR count). The Bertz CT molecular complexity index is 2090. The minimum atomic E-state index is -2.00. The van der Waals surface area contributed by atoms with Gasteiger partial charge in [-0.05, 0) is 51.7 Å². The first-order valence-corrected chi connectivity index (χ1v) is 15.6. The van der Waals surface area contributed by atoms with E-state index in [1.54, 1.807) is 6.07 Å². The van der Waals surface area contributed by atoms with Gasteiger partial charge in [-0.2, -0.15) is 0 Å². The predicted molar refractivity (Wildman–Crippen MR) is 153 cm³/mol. The van der Waals surface area contributed by atoms with Crippen molar-refractivity contribution < 1.29 is 21.9 Å². The van der Waals surface area contributed by atoms with E-state index in [2.05, 4.69) is 49.5 Å². The van der Waals surface area contributed by atoms with Crippen LogP contribution in [0.1, 0.15) is 9.68 Å². The number of hydrogen-bond acceptors (Lipinski definition) is 1. The fraction of sp³-hybridized carbons (Fsp3) is 0.121. The minimum absolute atomic E-state index is 0.135. The summed E-state index contributed by atoms with van der Waals surface area (Å²) in [6.07, 6.45) is -0.348. The smallest absolute Gasteiger partial charge is 0.219 e. The summed E-state index contributed by atoms with van der Waals surface area (Å²) >= 11 is 0. The van der Waals surface area contributed by atoms with Crippen LogP contribution in [-0.4, -0.2) is 8.07 Å². The number of aromatic nitrogens is 1. The van der Waals surface area contributed by atoms with Crippen LogP contribution in [0.25, 0.3) is 55.4 Å². The van der Waals surface area contributed by atoms with Crippen molar-refractivity contribution in [1.82, 2.24) is 0 Å². The number of pyridine rings is 1. The van der Waals surface area contributed by atoms with Gasteiger partial charge in [-0.25, -0.2) is 13.3 Å². The van der Waals surface area contributed by atoms with E-state index >= 15 is 4.39 Å². The van der Waals surface area contributed by atoms with Crippen molar-refractivity contribution in [1.29, 1.82) is 0 Å². The highest BCUT2D eigenvalue weighted by molar-refractivity contribution is 7.03. The molecule has 186 valence electrons. The summed E-state index contributed by atoms with van der Waals surface area (Å²) in [6, 6.07) is 20.4. The van der Waals surface area contributed by atoms with E-state index < -0.39 is 31.8 Å². The zero-order valence-electron chi connectivity index (χ0n) is 24.5. The summed E-state index contributed by atoms with van der Waals surface area (Å²) in [4.78, 5) is 0. The van der Waals surface area contributed by atoms with Crippen molar-refractivity contribution in [2.45, 2.75) is 20.0 Å². The van der Waals surface area contributed by atoms with Gasteiger partial charge in [-0.15, -0.1) is 0 Å². The molecule has 0 amide bonds. The Kier molecular flexibility index (Phi) is 4.17. The van der Waals surface area contributed by atoms with Crippen LogP contribution in [-0.2, 0) is 7.05 Å². The van der Waals surface area contributed by atoms with Crippen molar-refractivity contribution >= 4 is 40.4 Å². The number of halogens is 2. The molecular weight excluding hydrogens is 492 g/mol. The van der Waals surface area contributed by atoms with Crippen LogP contribution in [0, 0.1) is 18.6 Å². The first kappa shape index (κ1) is 19.9. The standard InChI is InChI=1S/C33H26F2NOSi/c1-19-9-11-24-25-13-14-26(35)31(33(25)37-32(24)30(19)27-18-21(34)15-16-36(27)2)20-10-12-23-22-7-5-6-8-28(22)38(3,4)29(23)17-20/h5-18H,1-4H3/q+1/i15D,16D,18D. The molecule has 5 heteroatoms. The summed E-state index contributed by atoms with van der Waals surface area (Å²) in [5.74, 6) is -1.47. The Morgan fingerprint density at radius 2 is 1.55 bits per heavy atom. The number of hydrogen-bond donors (Lipinski definition) is 0. The Balaban J connectivity index is 1.52. The fourth-order valence-corrected chi connectivity index (χ4v) is 9.14. The van der Waals surface area contributed by atoms with Gasteiger partial charge in [0.15, 0.2) is 6.17 Å². The zero-order valence-corrected chi connectivity index (χ0v) is 22.5. The molecule has 6 aromatic rings. The first-order chi connectivity index (χ1) is 19.5. The summed E-state index contributed by atoms with van der Waals surface area (Å²) in [5.41, 5.74) is 5.57. The van der Waals surface area contributed by atoms with Crippen LogP contribution in [0.2, 0.25) is 13.1 Å². The van der Waals surface area contributed by atoms with Crippen molar-refractivity contribution in [3.63, 3.8) is 0 Å². The van der Waals surface area contributed by atoms with E-state index in [4.69, 9.17) is 8.53 Å². The van der Waals surface area contributed by atoms with Gasteiger partial charge in [0.25, 0.3) is 0 Å². The summed E-state index contributed by atoms with van der Waals surface area (Å²) in [6.45, 7) is 6.45. The second-order valence-electron chi connectivity index (χ2n) is 10.5. The van der Waals surface area contributed by atoms with E-state index in [9.17, 15) is 4.39 Å². The van der Waals surface area contributed by atoms with Crippen molar-refractivity contribution in [3.8, 4) is 33.5 Å². The van der Waals surface area contributed by atoms with Gasteiger partial charge < -0.3 is 4.42 Å². The number of benzene rings is 4. The van der Waals surface area contributed by atoms with Gasteiger partial charge >= 0.3 is 0 Å². The monoisotopic (exact) mass is 521 g/mol. The van der Waals surface area contributed by atoms with Crippen LogP contribution in [0.3, 0.4) is 0 Å². The SMILES string of the molecule is [2H]c1c(F)c([2H])c(-c2c(C)ccc3c2oc2c(-c4ccc5c(c4)[Si](C)(C)c4ccccc4-5)c(F)ccc23)[n+](C)c1[2H]. The van der Waals surface area contributed by atoms with Crippen LogP contribution < -0.4 is 14.9 Å². The van der Waals surface area contributed by atoms with Gasteiger partial charge in [0.2, 0.25) is 5.69 Å². The molecule has 0 radical (unpaired) electrons. The summed E-state index contributed by atoms with van der Waals surface area (Å²) in [5, 5.41) is 4.02. The highest BCUT2D eigenvalue weighted by Gasteiger charge is 2.37. The number of rotatable bonds is 2. The van der Waals surface area contributed by atoms with Gasteiger partial charge in [0.05, 0.1) is 13.9 Å². The van der Waals surface area contributed by atoms with Crippen molar-refractivity contribution in [2.24, 2.45) is 7.05 Å². The van der Waals surface area contributed by atoms with Gasteiger partial charge in [-0.1, -0.05) is 67.7 Å². The lowest BCUT2D eigenvalue weighted by Crippen LogP contribution is -2.49. The van der Waals surface area contributed by atoms with E-state index in [0.29, 0.717) is 38.6 Å². The topological polar surface area (TPSA) is 17.0 Å². The normalized spacial score (nSPS) is 14.8. The molecule has 0 fully saturated rings. The first-order valence-electron chi connectivity index (χ1n) is 14.1. The second-order valence-corrected chi connectivity index (χ2v) is 14.9. The second kappa shape index (κ2) is 7.95.